The van der Waals surface area contributed by atoms with E-state index in [4.69, 9.17) is 0 Å². The molecule has 0 aliphatic rings. The highest BCUT2D eigenvalue weighted by molar-refractivity contribution is 5.86. The van der Waals surface area contributed by atoms with Crippen molar-refractivity contribution in [3.63, 3.8) is 0 Å². The smallest absolute Gasteiger partial charge is 0.130 e. The molecule has 0 aliphatic carbocycles. The van der Waals surface area contributed by atoms with Crippen molar-refractivity contribution in [1.29, 1.82) is 5.26 Å². The van der Waals surface area contributed by atoms with Crippen LogP contribution in [0.5, 0.6) is 0 Å². The molecule has 0 bridgehead atoms. The van der Waals surface area contributed by atoms with E-state index in [2.05, 4.69) is 29.8 Å². The van der Waals surface area contributed by atoms with Gasteiger partial charge in [0.1, 0.15) is 5.82 Å². The summed E-state index contributed by atoms with van der Waals surface area (Å²) in [7, 11) is 0. The molecule has 17 heavy (non-hydrogen) atoms. The molecular formula is C14H15N3. The Balaban J connectivity index is 2.65. The summed E-state index contributed by atoms with van der Waals surface area (Å²) < 4.78 is 0. The van der Waals surface area contributed by atoms with Crippen molar-refractivity contribution in [2.24, 2.45) is 0 Å². The molecule has 2 rings (SSSR count). The summed E-state index contributed by atoms with van der Waals surface area (Å²) in [6, 6.07) is 11.9. The molecule has 0 amide bonds. The minimum Gasteiger partial charge on any atom is -0.357 e. The zero-order valence-corrected chi connectivity index (χ0v) is 10.1. The van der Waals surface area contributed by atoms with Crippen molar-refractivity contribution in [2.45, 2.75) is 13.8 Å². The first-order valence-corrected chi connectivity index (χ1v) is 5.85. The molecule has 2 aromatic rings. The van der Waals surface area contributed by atoms with E-state index in [-0.39, 0.29) is 0 Å². The number of para-hydroxylation sites is 1. The lowest BCUT2D eigenvalue weighted by molar-refractivity contribution is 0.849. The van der Waals surface area contributed by atoms with Crippen molar-refractivity contribution in [2.75, 3.05) is 18.0 Å². The molecule has 1 heterocycles. The van der Waals surface area contributed by atoms with Gasteiger partial charge in [0.15, 0.2) is 0 Å². The summed E-state index contributed by atoms with van der Waals surface area (Å²) in [5.74, 6) is 0.880. The molecule has 0 unspecified atom stereocenters. The van der Waals surface area contributed by atoms with E-state index in [1.165, 1.54) is 0 Å². The number of fused-ring (bicyclic) bond motifs is 1. The second-order valence-electron chi connectivity index (χ2n) is 3.83. The maximum absolute atomic E-state index is 9.19. The topological polar surface area (TPSA) is 39.9 Å². The van der Waals surface area contributed by atoms with E-state index in [0.29, 0.717) is 5.56 Å². The second-order valence-corrected chi connectivity index (χ2v) is 3.83. The van der Waals surface area contributed by atoms with Crippen LogP contribution >= 0.6 is 0 Å². The van der Waals surface area contributed by atoms with Crippen LogP contribution in [0, 0.1) is 11.3 Å². The molecule has 0 aliphatic heterocycles. The average Bonchev–Trinajstić information content (AvgIpc) is 2.39. The first kappa shape index (κ1) is 11.4. The van der Waals surface area contributed by atoms with Crippen molar-refractivity contribution in [3.05, 3.63) is 35.9 Å². The number of aromatic nitrogens is 1. The lowest BCUT2D eigenvalue weighted by Gasteiger charge is -2.20. The van der Waals surface area contributed by atoms with Crippen LogP contribution in [0.3, 0.4) is 0 Å². The summed E-state index contributed by atoms with van der Waals surface area (Å²) in [6.45, 7) is 5.97. The molecule has 0 radical (unpaired) electrons. The lowest BCUT2D eigenvalue weighted by atomic mass is 10.1. The Morgan fingerprint density at radius 2 is 1.94 bits per heavy atom. The Morgan fingerprint density at radius 3 is 2.59 bits per heavy atom. The fourth-order valence-electron chi connectivity index (χ4n) is 1.96. The van der Waals surface area contributed by atoms with Crippen LogP contribution in [0.15, 0.2) is 30.3 Å². The summed E-state index contributed by atoms with van der Waals surface area (Å²) in [5, 5.41) is 10.1. The monoisotopic (exact) mass is 225 g/mol. The van der Waals surface area contributed by atoms with Crippen LogP contribution < -0.4 is 4.90 Å². The Hall–Kier alpha value is -2.08. The second kappa shape index (κ2) is 4.84. The predicted molar refractivity (Wildman–Crippen MR) is 70.0 cm³/mol. The lowest BCUT2D eigenvalue weighted by Crippen LogP contribution is -2.23. The molecule has 0 saturated heterocycles. The molecular weight excluding hydrogens is 210 g/mol. The van der Waals surface area contributed by atoms with E-state index >= 15 is 0 Å². The summed E-state index contributed by atoms with van der Waals surface area (Å²) in [4.78, 5) is 6.75. The van der Waals surface area contributed by atoms with Crippen molar-refractivity contribution in [1.82, 2.24) is 4.98 Å². The Labute approximate surface area is 101 Å². The van der Waals surface area contributed by atoms with Gasteiger partial charge in [0.2, 0.25) is 0 Å². The third kappa shape index (κ3) is 2.07. The third-order valence-corrected chi connectivity index (χ3v) is 2.91. The number of anilines is 1. The fraction of sp³-hybridized carbons (Fsp3) is 0.286. The summed E-state index contributed by atoms with van der Waals surface area (Å²) in [5.41, 5.74) is 1.57. The molecule has 3 nitrogen and oxygen atoms in total. The van der Waals surface area contributed by atoms with E-state index in [1.807, 2.05) is 30.3 Å². The molecule has 1 aromatic carbocycles. The SMILES string of the molecule is CCN(CC)c1cc(C#N)c2ccccc2n1. The zero-order valence-electron chi connectivity index (χ0n) is 10.1. The van der Waals surface area contributed by atoms with Gasteiger partial charge in [-0.3, -0.25) is 0 Å². The number of hydrogen-bond donors (Lipinski definition) is 0. The normalized spacial score (nSPS) is 10.2. The van der Waals surface area contributed by atoms with E-state index in [9.17, 15) is 5.26 Å². The van der Waals surface area contributed by atoms with Gasteiger partial charge in [-0.2, -0.15) is 5.26 Å². The fourth-order valence-corrected chi connectivity index (χ4v) is 1.96. The molecule has 1 aromatic heterocycles. The molecule has 86 valence electrons. The minimum absolute atomic E-state index is 0.692. The maximum atomic E-state index is 9.19. The van der Waals surface area contributed by atoms with Crippen LogP contribution in [0.1, 0.15) is 19.4 Å². The average molecular weight is 225 g/mol. The number of nitriles is 1. The summed E-state index contributed by atoms with van der Waals surface area (Å²) in [6.07, 6.45) is 0. The molecule has 0 spiro atoms. The molecule has 0 N–H and O–H groups in total. The zero-order chi connectivity index (χ0) is 12.3. The van der Waals surface area contributed by atoms with Gasteiger partial charge in [-0.1, -0.05) is 18.2 Å². The van der Waals surface area contributed by atoms with Gasteiger partial charge in [0.25, 0.3) is 0 Å². The predicted octanol–water partition coefficient (Wildman–Crippen LogP) is 2.95. The molecule has 0 saturated carbocycles. The van der Waals surface area contributed by atoms with Crippen LogP contribution in [0.25, 0.3) is 10.9 Å². The van der Waals surface area contributed by atoms with Gasteiger partial charge in [0.05, 0.1) is 17.1 Å². The highest BCUT2D eigenvalue weighted by Crippen LogP contribution is 2.22. The van der Waals surface area contributed by atoms with Gasteiger partial charge >= 0.3 is 0 Å². The number of benzene rings is 1. The highest BCUT2D eigenvalue weighted by atomic mass is 15.2. The Bertz CT molecular complexity index is 565. The van der Waals surface area contributed by atoms with Crippen molar-refractivity contribution in [3.8, 4) is 6.07 Å². The largest absolute Gasteiger partial charge is 0.357 e. The van der Waals surface area contributed by atoms with E-state index in [1.54, 1.807) is 0 Å². The molecule has 3 heteroatoms. The van der Waals surface area contributed by atoms with Crippen LogP contribution in [0.2, 0.25) is 0 Å². The first-order chi connectivity index (χ1) is 8.30. The minimum atomic E-state index is 0.692. The Kier molecular flexibility index (Phi) is 3.24. The number of nitrogens with zero attached hydrogens (tertiary/aromatic N) is 3. The third-order valence-electron chi connectivity index (χ3n) is 2.91. The maximum Gasteiger partial charge on any atom is 0.130 e. The van der Waals surface area contributed by atoms with Crippen molar-refractivity contribution < 1.29 is 0 Å². The first-order valence-electron chi connectivity index (χ1n) is 5.85. The molecule has 0 atom stereocenters. The number of pyridine rings is 1. The number of hydrogen-bond acceptors (Lipinski definition) is 3. The van der Waals surface area contributed by atoms with E-state index in [0.717, 1.165) is 29.8 Å². The van der Waals surface area contributed by atoms with Gasteiger partial charge in [0, 0.05) is 18.5 Å². The van der Waals surface area contributed by atoms with E-state index < -0.39 is 0 Å². The van der Waals surface area contributed by atoms with Crippen LogP contribution in [-0.4, -0.2) is 18.1 Å². The van der Waals surface area contributed by atoms with Gasteiger partial charge in [-0.15, -0.1) is 0 Å². The van der Waals surface area contributed by atoms with Gasteiger partial charge in [-0.05, 0) is 26.0 Å². The summed E-state index contributed by atoms with van der Waals surface area (Å²) >= 11 is 0. The van der Waals surface area contributed by atoms with Crippen LogP contribution in [0.4, 0.5) is 5.82 Å². The standard InChI is InChI=1S/C14H15N3/c1-3-17(4-2)14-9-11(10-15)12-7-5-6-8-13(12)16-14/h5-9H,3-4H2,1-2H3. The van der Waals surface area contributed by atoms with Crippen molar-refractivity contribution >= 4 is 16.7 Å². The number of rotatable bonds is 3. The van der Waals surface area contributed by atoms with Crippen LogP contribution in [-0.2, 0) is 0 Å². The Morgan fingerprint density at radius 1 is 1.24 bits per heavy atom. The quantitative estimate of drug-likeness (QED) is 0.806. The van der Waals surface area contributed by atoms with Gasteiger partial charge in [-0.25, -0.2) is 4.98 Å². The van der Waals surface area contributed by atoms with Gasteiger partial charge < -0.3 is 4.90 Å². The highest BCUT2D eigenvalue weighted by Gasteiger charge is 2.08. The molecule has 0 fully saturated rings.